The lowest BCUT2D eigenvalue weighted by molar-refractivity contribution is -0.146. The molecule has 7 nitrogen and oxygen atoms in total. The number of aromatic nitrogens is 2. The van der Waals surface area contributed by atoms with Gasteiger partial charge in [0.2, 0.25) is 0 Å². The Morgan fingerprint density at radius 2 is 2.44 bits per heavy atom. The molecular formula is C10H17N5O2S. The summed E-state index contributed by atoms with van der Waals surface area (Å²) in [4.78, 5) is 13.8. The maximum atomic E-state index is 11.6. The van der Waals surface area contributed by atoms with Gasteiger partial charge in [0, 0.05) is 31.2 Å². The van der Waals surface area contributed by atoms with Gasteiger partial charge in [-0.05, 0) is 5.92 Å². The van der Waals surface area contributed by atoms with E-state index in [4.69, 9.17) is 10.6 Å². The van der Waals surface area contributed by atoms with Crippen LogP contribution in [0.25, 0.3) is 0 Å². The summed E-state index contributed by atoms with van der Waals surface area (Å²) in [6.07, 6.45) is 0. The summed E-state index contributed by atoms with van der Waals surface area (Å²) in [7, 11) is 1.43. The van der Waals surface area contributed by atoms with E-state index in [1.807, 2.05) is 0 Å². The highest BCUT2D eigenvalue weighted by molar-refractivity contribution is 7.10. The van der Waals surface area contributed by atoms with Crippen molar-refractivity contribution in [3.05, 3.63) is 5.69 Å². The second-order valence-electron chi connectivity index (χ2n) is 4.49. The fourth-order valence-electron chi connectivity index (χ4n) is 2.29. The minimum absolute atomic E-state index is 0.0594. The molecule has 1 aromatic heterocycles. The molecule has 8 heteroatoms. The molecule has 0 saturated carbocycles. The van der Waals surface area contributed by atoms with Crippen molar-refractivity contribution in [2.75, 3.05) is 25.6 Å². The number of nitrogens with zero attached hydrogens (tertiary/aromatic N) is 3. The highest BCUT2D eigenvalue weighted by Gasteiger charge is 2.35. The van der Waals surface area contributed by atoms with Crippen molar-refractivity contribution in [3.8, 4) is 0 Å². The van der Waals surface area contributed by atoms with Crippen LogP contribution in [0.1, 0.15) is 12.6 Å². The van der Waals surface area contributed by atoms with Gasteiger partial charge in [0.05, 0.1) is 13.0 Å². The Hall–Kier alpha value is -1.25. The molecule has 2 atom stereocenters. The zero-order valence-corrected chi connectivity index (χ0v) is 11.2. The van der Waals surface area contributed by atoms with Crippen LogP contribution < -0.4 is 11.3 Å². The van der Waals surface area contributed by atoms with Crippen molar-refractivity contribution in [1.82, 2.24) is 14.5 Å². The number of hydrazine groups is 1. The first kappa shape index (κ1) is 13.2. The Morgan fingerprint density at radius 3 is 3.11 bits per heavy atom. The number of nitrogens with one attached hydrogen (secondary N) is 1. The Bertz CT molecular complexity index is 424. The minimum atomic E-state index is -0.140. The highest BCUT2D eigenvalue weighted by Crippen LogP contribution is 2.27. The molecule has 2 unspecified atom stereocenters. The number of methoxy groups -OCH3 is 1. The van der Waals surface area contributed by atoms with Crippen LogP contribution in [-0.4, -0.2) is 40.7 Å². The zero-order chi connectivity index (χ0) is 13.1. The Balaban J connectivity index is 1.98. The normalized spacial score (nSPS) is 24.2. The van der Waals surface area contributed by atoms with Crippen LogP contribution in [0.3, 0.4) is 0 Å². The number of likely N-dealkylation sites (tertiary alicyclic amines) is 1. The molecule has 2 rings (SSSR count). The number of esters is 1. The number of carbonyl (C=O) groups excluding carboxylic acids is 1. The van der Waals surface area contributed by atoms with E-state index in [-0.39, 0.29) is 11.9 Å². The molecule has 2 heterocycles. The van der Waals surface area contributed by atoms with E-state index < -0.39 is 0 Å². The smallest absolute Gasteiger partial charge is 0.310 e. The van der Waals surface area contributed by atoms with E-state index in [1.54, 1.807) is 0 Å². The Labute approximate surface area is 109 Å². The van der Waals surface area contributed by atoms with Crippen LogP contribution in [0.5, 0.6) is 0 Å². The topological polar surface area (TPSA) is 93.4 Å². The van der Waals surface area contributed by atoms with Crippen LogP contribution in [-0.2, 0) is 16.1 Å². The summed E-state index contributed by atoms with van der Waals surface area (Å²) < 4.78 is 8.66. The monoisotopic (exact) mass is 271 g/mol. The minimum Gasteiger partial charge on any atom is -0.469 e. The number of hydrogen-bond acceptors (Lipinski definition) is 8. The van der Waals surface area contributed by atoms with Crippen molar-refractivity contribution in [2.24, 2.45) is 17.7 Å². The van der Waals surface area contributed by atoms with Crippen LogP contribution in [0, 0.1) is 11.8 Å². The summed E-state index contributed by atoms with van der Waals surface area (Å²) >= 11 is 1.23. The van der Waals surface area contributed by atoms with Crippen LogP contribution in [0.2, 0.25) is 0 Å². The number of nitrogen functional groups attached to an aromatic ring is 1. The van der Waals surface area contributed by atoms with E-state index in [0.29, 0.717) is 19.0 Å². The van der Waals surface area contributed by atoms with Gasteiger partial charge in [-0.15, -0.1) is 5.10 Å². The van der Waals surface area contributed by atoms with Gasteiger partial charge in [-0.25, -0.2) is 5.84 Å². The van der Waals surface area contributed by atoms with Gasteiger partial charge in [0.25, 0.3) is 0 Å². The second kappa shape index (κ2) is 5.59. The fraction of sp³-hybridized carbons (Fsp3) is 0.700. The summed E-state index contributed by atoms with van der Waals surface area (Å²) in [6, 6.07) is 0. The molecule has 0 bridgehead atoms. The molecule has 100 valence electrons. The van der Waals surface area contributed by atoms with Crippen molar-refractivity contribution < 1.29 is 9.53 Å². The number of anilines is 1. The third-order valence-electron chi connectivity index (χ3n) is 3.25. The molecule has 1 aliphatic heterocycles. The average molecular weight is 271 g/mol. The molecule has 1 aromatic rings. The first-order valence-corrected chi connectivity index (χ1v) is 6.51. The van der Waals surface area contributed by atoms with Crippen molar-refractivity contribution in [2.45, 2.75) is 13.5 Å². The van der Waals surface area contributed by atoms with Gasteiger partial charge >= 0.3 is 5.97 Å². The first-order valence-electron chi connectivity index (χ1n) is 5.73. The zero-order valence-electron chi connectivity index (χ0n) is 10.4. The van der Waals surface area contributed by atoms with Gasteiger partial charge in [0.15, 0.2) is 0 Å². The number of carbonyl (C=O) groups is 1. The molecule has 1 fully saturated rings. The summed E-state index contributed by atoms with van der Waals surface area (Å²) in [6.45, 7) is 4.24. The maximum Gasteiger partial charge on any atom is 0.310 e. The van der Waals surface area contributed by atoms with E-state index in [9.17, 15) is 4.79 Å². The van der Waals surface area contributed by atoms with E-state index in [1.165, 1.54) is 18.6 Å². The molecule has 0 radical (unpaired) electrons. The predicted molar refractivity (Wildman–Crippen MR) is 67.7 cm³/mol. The molecule has 0 aromatic carbocycles. The van der Waals surface area contributed by atoms with Crippen molar-refractivity contribution in [3.63, 3.8) is 0 Å². The molecule has 0 amide bonds. The molecule has 1 saturated heterocycles. The van der Waals surface area contributed by atoms with Gasteiger partial charge in [-0.1, -0.05) is 11.4 Å². The van der Waals surface area contributed by atoms with Gasteiger partial charge in [-0.3, -0.25) is 9.69 Å². The maximum absolute atomic E-state index is 11.6. The number of hydrogen-bond donors (Lipinski definition) is 2. The third-order valence-corrected chi connectivity index (χ3v) is 3.95. The Kier molecular flexibility index (Phi) is 4.10. The molecule has 0 spiro atoms. The molecular weight excluding hydrogens is 254 g/mol. The summed E-state index contributed by atoms with van der Waals surface area (Å²) in [5.41, 5.74) is 3.40. The quantitative estimate of drug-likeness (QED) is 0.454. The molecule has 3 N–H and O–H groups in total. The molecule has 0 aliphatic carbocycles. The second-order valence-corrected chi connectivity index (χ2v) is 5.25. The highest BCUT2D eigenvalue weighted by atomic mass is 32.1. The fourth-order valence-corrected chi connectivity index (χ4v) is 2.77. The van der Waals surface area contributed by atoms with Crippen molar-refractivity contribution >= 4 is 22.5 Å². The lowest BCUT2D eigenvalue weighted by Gasteiger charge is -2.14. The van der Waals surface area contributed by atoms with Gasteiger partial charge in [-0.2, -0.15) is 0 Å². The lowest BCUT2D eigenvalue weighted by atomic mass is 9.99. The molecule has 1 aliphatic rings. The largest absolute Gasteiger partial charge is 0.469 e. The van der Waals surface area contributed by atoms with E-state index in [0.717, 1.165) is 17.2 Å². The van der Waals surface area contributed by atoms with Crippen molar-refractivity contribution in [1.29, 1.82) is 0 Å². The standard InChI is InChI=1S/C10H17N5O2S/c1-6-3-15(4-7(6)10(16)17-2)5-8-9(12-11)18-14-13-8/h6-7,12H,3-5,11H2,1-2H3. The summed E-state index contributed by atoms with van der Waals surface area (Å²) in [5, 5.41) is 4.80. The predicted octanol–water partition coefficient (Wildman–Crippen LogP) is 0.0646. The lowest BCUT2D eigenvalue weighted by Crippen LogP contribution is -2.24. The average Bonchev–Trinajstić information content (AvgIpc) is 2.95. The van der Waals surface area contributed by atoms with E-state index >= 15 is 0 Å². The van der Waals surface area contributed by atoms with Crippen LogP contribution in [0.15, 0.2) is 0 Å². The number of ether oxygens (including phenoxy) is 1. The van der Waals surface area contributed by atoms with Gasteiger partial charge < -0.3 is 10.2 Å². The number of nitrogens with two attached hydrogens (primary N) is 1. The SMILES string of the molecule is COC(=O)C1CN(Cc2nnsc2NN)CC1C. The third kappa shape index (κ3) is 2.60. The Morgan fingerprint density at radius 1 is 1.67 bits per heavy atom. The first-order chi connectivity index (χ1) is 8.65. The molecule has 18 heavy (non-hydrogen) atoms. The van der Waals surface area contributed by atoms with Crippen LogP contribution in [0.4, 0.5) is 5.00 Å². The van der Waals surface area contributed by atoms with Gasteiger partial charge in [0.1, 0.15) is 10.7 Å². The summed E-state index contributed by atoms with van der Waals surface area (Å²) in [5.74, 6) is 5.47. The van der Waals surface area contributed by atoms with Crippen LogP contribution >= 0.6 is 11.5 Å². The van der Waals surface area contributed by atoms with E-state index in [2.05, 4.69) is 26.8 Å². The number of rotatable bonds is 4.